The number of carbonyl (C=O) groups is 1. The molecule has 2 aromatic rings. The zero-order chi connectivity index (χ0) is 15.5. The molecule has 112 valence electrons. The van der Waals surface area contributed by atoms with E-state index in [9.17, 15) is 4.79 Å². The van der Waals surface area contributed by atoms with Crippen LogP contribution in [0.4, 0.5) is 5.69 Å². The average Bonchev–Trinajstić information content (AvgIpc) is 2.55. The van der Waals surface area contributed by atoms with Crippen molar-refractivity contribution in [3.8, 4) is 0 Å². The molecule has 22 heavy (non-hydrogen) atoms. The molecule has 1 aliphatic rings. The Labute approximate surface area is 132 Å². The van der Waals surface area contributed by atoms with Gasteiger partial charge in [-0.2, -0.15) is 0 Å². The summed E-state index contributed by atoms with van der Waals surface area (Å²) in [6.45, 7) is 6.52. The highest BCUT2D eigenvalue weighted by Gasteiger charge is 2.26. The van der Waals surface area contributed by atoms with E-state index in [0.29, 0.717) is 6.04 Å². The smallest absolute Gasteiger partial charge is 0.159 e. The van der Waals surface area contributed by atoms with Crippen molar-refractivity contribution >= 4 is 11.5 Å². The number of carbonyl (C=O) groups excluding carboxylic acids is 1. The summed E-state index contributed by atoms with van der Waals surface area (Å²) >= 11 is 0. The average molecular weight is 291 g/mol. The van der Waals surface area contributed by atoms with E-state index in [1.165, 1.54) is 16.8 Å². The Morgan fingerprint density at radius 3 is 2.64 bits per heavy atom. The van der Waals surface area contributed by atoms with E-state index < -0.39 is 0 Å². The molecule has 0 saturated heterocycles. The van der Waals surface area contributed by atoms with E-state index in [0.717, 1.165) is 24.9 Å². The monoisotopic (exact) mass is 291 g/mol. The lowest BCUT2D eigenvalue weighted by molar-refractivity contribution is 0.101. The Morgan fingerprint density at radius 1 is 1.23 bits per heavy atom. The Balaban J connectivity index is 1.96. The van der Waals surface area contributed by atoms with Gasteiger partial charge in [-0.1, -0.05) is 30.3 Å². The lowest BCUT2D eigenvalue weighted by Gasteiger charge is -2.39. The number of fused-ring (bicyclic) bond motifs is 1. The molecule has 2 nitrogen and oxygen atoms in total. The van der Waals surface area contributed by atoms with Crippen LogP contribution < -0.4 is 4.90 Å². The molecule has 1 unspecified atom stereocenters. The fourth-order valence-corrected chi connectivity index (χ4v) is 3.26. The van der Waals surface area contributed by atoms with Crippen LogP contribution in [0.5, 0.6) is 0 Å². The van der Waals surface area contributed by atoms with Gasteiger partial charge in [0.05, 0.1) is 6.04 Å². The molecular weight excluding hydrogens is 270 g/mol. The van der Waals surface area contributed by atoms with Crippen molar-refractivity contribution in [3.05, 3.63) is 77.9 Å². The largest absolute Gasteiger partial charge is 0.364 e. The molecule has 0 saturated carbocycles. The maximum Gasteiger partial charge on any atom is 0.159 e. The number of anilines is 1. The molecular formula is C20H21NO. The van der Waals surface area contributed by atoms with Gasteiger partial charge in [0, 0.05) is 17.8 Å². The predicted octanol–water partition coefficient (Wildman–Crippen LogP) is 4.57. The molecule has 2 heteroatoms. The predicted molar refractivity (Wildman–Crippen MR) is 91.5 cm³/mol. The Kier molecular flexibility index (Phi) is 4.10. The van der Waals surface area contributed by atoms with Gasteiger partial charge in [0.1, 0.15) is 0 Å². The first-order chi connectivity index (χ1) is 10.7. The second-order valence-electron chi connectivity index (χ2n) is 5.79. The standard InChI is InChI=1S/C20H21NO/c1-3-6-20-19-8-5-4-7-17(19)13-14-21(20)18-11-9-16(10-12-18)15(2)22/h3-5,7-12,20H,1,6,13-14H2,2H3. The molecule has 3 rings (SSSR count). The minimum atomic E-state index is 0.109. The molecule has 0 amide bonds. The lowest BCUT2D eigenvalue weighted by atomic mass is 9.90. The van der Waals surface area contributed by atoms with E-state index >= 15 is 0 Å². The number of ketones is 1. The highest BCUT2D eigenvalue weighted by Crippen LogP contribution is 2.36. The van der Waals surface area contributed by atoms with Crippen molar-refractivity contribution in [2.45, 2.75) is 25.8 Å². The van der Waals surface area contributed by atoms with E-state index in [4.69, 9.17) is 0 Å². The number of rotatable bonds is 4. The van der Waals surface area contributed by atoms with Gasteiger partial charge < -0.3 is 4.90 Å². The Hall–Kier alpha value is -2.35. The van der Waals surface area contributed by atoms with Crippen LogP contribution in [0.15, 0.2) is 61.2 Å². The second-order valence-corrected chi connectivity index (χ2v) is 5.79. The van der Waals surface area contributed by atoms with E-state index in [-0.39, 0.29) is 5.78 Å². The van der Waals surface area contributed by atoms with Gasteiger partial charge in [-0.15, -0.1) is 6.58 Å². The number of hydrogen-bond donors (Lipinski definition) is 0. The fraction of sp³-hybridized carbons (Fsp3) is 0.250. The van der Waals surface area contributed by atoms with E-state index in [2.05, 4.69) is 47.9 Å². The molecule has 0 aromatic heterocycles. The minimum Gasteiger partial charge on any atom is -0.364 e. The number of benzene rings is 2. The summed E-state index contributed by atoms with van der Waals surface area (Å²) < 4.78 is 0. The second kappa shape index (κ2) is 6.18. The molecule has 0 bridgehead atoms. The summed E-state index contributed by atoms with van der Waals surface area (Å²) in [5.74, 6) is 0.109. The van der Waals surface area contributed by atoms with Crippen molar-refractivity contribution in [2.75, 3.05) is 11.4 Å². The summed E-state index contributed by atoms with van der Waals surface area (Å²) in [5, 5.41) is 0. The van der Waals surface area contributed by atoms with Gasteiger partial charge in [-0.25, -0.2) is 0 Å². The van der Waals surface area contributed by atoms with Gasteiger partial charge in [-0.3, -0.25) is 4.79 Å². The first-order valence-electron chi connectivity index (χ1n) is 7.77. The Morgan fingerprint density at radius 2 is 1.95 bits per heavy atom. The molecule has 1 atom stereocenters. The maximum absolute atomic E-state index is 11.4. The SMILES string of the molecule is C=CCC1c2ccccc2CCN1c1ccc(C(C)=O)cc1. The molecule has 1 aliphatic heterocycles. The summed E-state index contributed by atoms with van der Waals surface area (Å²) in [6, 6.07) is 16.9. The number of nitrogens with zero attached hydrogens (tertiary/aromatic N) is 1. The summed E-state index contributed by atoms with van der Waals surface area (Å²) in [7, 11) is 0. The molecule has 0 fully saturated rings. The normalized spacial score (nSPS) is 17.0. The van der Waals surface area contributed by atoms with Gasteiger partial charge in [0.25, 0.3) is 0 Å². The van der Waals surface area contributed by atoms with Crippen LogP contribution in [0.1, 0.15) is 40.9 Å². The van der Waals surface area contributed by atoms with Crippen molar-refractivity contribution < 1.29 is 4.79 Å². The lowest BCUT2D eigenvalue weighted by Crippen LogP contribution is -2.35. The van der Waals surface area contributed by atoms with Crippen LogP contribution in [0.3, 0.4) is 0 Å². The van der Waals surface area contributed by atoms with Gasteiger partial charge in [-0.05, 0) is 55.2 Å². The first kappa shape index (κ1) is 14.6. The zero-order valence-electron chi connectivity index (χ0n) is 13.0. The number of Topliss-reactive ketones (excluding diaryl/α,β-unsaturated/α-hetero) is 1. The molecule has 1 heterocycles. The van der Waals surface area contributed by atoms with Crippen LogP contribution in [0, 0.1) is 0 Å². The fourth-order valence-electron chi connectivity index (χ4n) is 3.26. The zero-order valence-corrected chi connectivity index (χ0v) is 13.0. The van der Waals surface area contributed by atoms with Crippen molar-refractivity contribution in [1.82, 2.24) is 0 Å². The topological polar surface area (TPSA) is 20.3 Å². The minimum absolute atomic E-state index is 0.109. The quantitative estimate of drug-likeness (QED) is 0.607. The van der Waals surface area contributed by atoms with Crippen LogP contribution >= 0.6 is 0 Å². The highest BCUT2D eigenvalue weighted by atomic mass is 16.1. The van der Waals surface area contributed by atoms with Crippen molar-refractivity contribution in [2.24, 2.45) is 0 Å². The number of hydrogen-bond acceptors (Lipinski definition) is 2. The van der Waals surface area contributed by atoms with Gasteiger partial charge in [0.2, 0.25) is 0 Å². The summed E-state index contributed by atoms with van der Waals surface area (Å²) in [5.41, 5.74) is 4.77. The van der Waals surface area contributed by atoms with Crippen LogP contribution in [0.25, 0.3) is 0 Å². The summed E-state index contributed by atoms with van der Waals surface area (Å²) in [4.78, 5) is 13.9. The molecule has 2 aromatic carbocycles. The van der Waals surface area contributed by atoms with Crippen molar-refractivity contribution in [3.63, 3.8) is 0 Å². The molecule has 0 radical (unpaired) electrons. The van der Waals surface area contributed by atoms with Crippen LogP contribution in [-0.2, 0) is 6.42 Å². The van der Waals surface area contributed by atoms with Gasteiger partial charge in [0.15, 0.2) is 5.78 Å². The first-order valence-corrected chi connectivity index (χ1v) is 7.77. The van der Waals surface area contributed by atoms with E-state index in [1.807, 2.05) is 18.2 Å². The van der Waals surface area contributed by atoms with E-state index in [1.54, 1.807) is 6.92 Å². The molecule has 0 aliphatic carbocycles. The third kappa shape index (κ3) is 2.69. The highest BCUT2D eigenvalue weighted by molar-refractivity contribution is 5.94. The van der Waals surface area contributed by atoms with Crippen LogP contribution in [-0.4, -0.2) is 12.3 Å². The third-order valence-electron chi connectivity index (χ3n) is 4.41. The van der Waals surface area contributed by atoms with Crippen molar-refractivity contribution in [1.29, 1.82) is 0 Å². The third-order valence-corrected chi connectivity index (χ3v) is 4.41. The van der Waals surface area contributed by atoms with Gasteiger partial charge >= 0.3 is 0 Å². The Bertz CT molecular complexity index is 687. The van der Waals surface area contributed by atoms with Crippen LogP contribution in [0.2, 0.25) is 0 Å². The molecule has 0 N–H and O–H groups in total. The summed E-state index contributed by atoms with van der Waals surface area (Å²) in [6.07, 6.45) is 3.97. The molecule has 0 spiro atoms. The maximum atomic E-state index is 11.4.